The number of benzene rings is 1. The van der Waals surface area contributed by atoms with Crippen molar-refractivity contribution in [2.24, 2.45) is 5.92 Å². The van der Waals surface area contributed by atoms with E-state index in [1.165, 1.54) is 11.9 Å². The minimum atomic E-state index is -0.250. The molecule has 5 heteroatoms. The van der Waals surface area contributed by atoms with Crippen LogP contribution in [0.4, 0.5) is 0 Å². The molecule has 2 aliphatic rings. The Labute approximate surface area is 136 Å². The molecule has 0 aromatic heterocycles. The molecule has 0 spiro atoms. The van der Waals surface area contributed by atoms with Crippen LogP contribution in [0.5, 0.6) is 0 Å². The summed E-state index contributed by atoms with van der Waals surface area (Å²) in [6, 6.07) is 7.68. The van der Waals surface area contributed by atoms with Crippen molar-refractivity contribution < 1.29 is 14.7 Å². The van der Waals surface area contributed by atoms with E-state index in [1.807, 2.05) is 36.1 Å². The van der Waals surface area contributed by atoms with Crippen molar-refractivity contribution in [1.29, 1.82) is 0 Å². The van der Waals surface area contributed by atoms with Crippen molar-refractivity contribution in [3.05, 3.63) is 41.1 Å². The number of piperidine rings is 1. The zero-order valence-corrected chi connectivity index (χ0v) is 13.6. The number of likely N-dealkylation sites (tertiary alicyclic amines) is 1. The van der Waals surface area contributed by atoms with Crippen LogP contribution in [-0.4, -0.2) is 53.5 Å². The van der Waals surface area contributed by atoms with Gasteiger partial charge < -0.3 is 10.0 Å². The quantitative estimate of drug-likeness (QED) is 0.857. The summed E-state index contributed by atoms with van der Waals surface area (Å²) >= 11 is 0. The third-order valence-corrected chi connectivity index (χ3v) is 4.70. The second-order valence-electron chi connectivity index (χ2n) is 6.40. The van der Waals surface area contributed by atoms with E-state index in [0.717, 1.165) is 30.5 Å². The average molecular weight is 314 g/mol. The molecule has 1 atom stereocenters. The zero-order chi connectivity index (χ0) is 16.6. The Morgan fingerprint density at radius 2 is 1.87 bits per heavy atom. The summed E-state index contributed by atoms with van der Waals surface area (Å²) in [4.78, 5) is 28.3. The predicted molar refractivity (Wildman–Crippen MR) is 87.3 cm³/mol. The van der Waals surface area contributed by atoms with Gasteiger partial charge in [0.2, 0.25) is 0 Å². The van der Waals surface area contributed by atoms with Gasteiger partial charge in [0.1, 0.15) is 5.70 Å². The van der Waals surface area contributed by atoms with Gasteiger partial charge in [-0.25, -0.2) is 0 Å². The summed E-state index contributed by atoms with van der Waals surface area (Å²) in [5.74, 6) is -0.339. The first kappa shape index (κ1) is 15.7. The number of likely N-dealkylation sites (N-methyl/N-ethyl adjacent to an activating group) is 1. The fourth-order valence-electron chi connectivity index (χ4n) is 3.32. The predicted octanol–water partition coefficient (Wildman–Crippen LogP) is 1.41. The molecule has 0 radical (unpaired) electrons. The number of nitrogens with zero attached hydrogens (tertiary/aromatic N) is 2. The highest BCUT2D eigenvalue weighted by molar-refractivity contribution is 6.35. The Bertz CT molecular complexity index is 663. The Balaban J connectivity index is 2.05. The largest absolute Gasteiger partial charge is 0.396 e. The normalized spacial score (nSPS) is 22.3. The molecule has 2 heterocycles. The molecule has 1 saturated heterocycles. The van der Waals surface area contributed by atoms with Gasteiger partial charge in [0.05, 0.1) is 5.57 Å². The molecule has 2 amide bonds. The Morgan fingerprint density at radius 3 is 2.52 bits per heavy atom. The number of amides is 2. The van der Waals surface area contributed by atoms with Gasteiger partial charge in [-0.2, -0.15) is 0 Å². The van der Waals surface area contributed by atoms with E-state index in [2.05, 4.69) is 0 Å². The van der Waals surface area contributed by atoms with Gasteiger partial charge in [-0.15, -0.1) is 0 Å². The third kappa shape index (κ3) is 2.77. The van der Waals surface area contributed by atoms with Crippen LogP contribution in [0, 0.1) is 12.8 Å². The highest BCUT2D eigenvalue weighted by Crippen LogP contribution is 2.33. The first-order valence-corrected chi connectivity index (χ1v) is 8.02. The molecular weight excluding hydrogens is 292 g/mol. The van der Waals surface area contributed by atoms with E-state index in [-0.39, 0.29) is 24.3 Å². The summed E-state index contributed by atoms with van der Waals surface area (Å²) in [6.45, 7) is 3.47. The smallest absolute Gasteiger partial charge is 0.277 e. The van der Waals surface area contributed by atoms with E-state index in [9.17, 15) is 14.7 Å². The van der Waals surface area contributed by atoms with Gasteiger partial charge in [0.25, 0.3) is 11.8 Å². The summed E-state index contributed by atoms with van der Waals surface area (Å²) in [7, 11) is 1.53. The van der Waals surface area contributed by atoms with Gasteiger partial charge in [-0.05, 0) is 31.2 Å². The van der Waals surface area contributed by atoms with Crippen molar-refractivity contribution in [3.63, 3.8) is 0 Å². The van der Waals surface area contributed by atoms with E-state index in [1.54, 1.807) is 0 Å². The number of imide groups is 1. The van der Waals surface area contributed by atoms with Crippen molar-refractivity contribution in [2.75, 3.05) is 26.7 Å². The lowest BCUT2D eigenvalue weighted by Gasteiger charge is -2.34. The average Bonchev–Trinajstić information content (AvgIpc) is 2.80. The highest BCUT2D eigenvalue weighted by atomic mass is 16.3. The van der Waals surface area contributed by atoms with Gasteiger partial charge in [0, 0.05) is 26.7 Å². The van der Waals surface area contributed by atoms with E-state index in [0.29, 0.717) is 17.8 Å². The molecule has 1 aromatic carbocycles. The maximum absolute atomic E-state index is 12.6. The number of hydrogen-bond donors (Lipinski definition) is 1. The SMILES string of the molecule is Cc1ccc(C2=C(N3CCCC(CO)C3)C(=O)N(C)C2=O)cc1. The fourth-order valence-corrected chi connectivity index (χ4v) is 3.32. The number of aliphatic hydroxyl groups is 1. The Kier molecular flexibility index (Phi) is 4.22. The zero-order valence-electron chi connectivity index (χ0n) is 13.6. The van der Waals surface area contributed by atoms with Crippen LogP contribution in [0.15, 0.2) is 30.0 Å². The standard InChI is InChI=1S/C18H22N2O3/c1-12-5-7-14(8-6-12)15-16(18(23)19(2)17(15)22)20-9-3-4-13(10-20)11-21/h5-8,13,21H,3-4,9-11H2,1-2H3. The molecular formula is C18H22N2O3. The van der Waals surface area contributed by atoms with Crippen molar-refractivity contribution in [2.45, 2.75) is 19.8 Å². The first-order valence-electron chi connectivity index (χ1n) is 8.02. The molecule has 1 fully saturated rings. The van der Waals surface area contributed by atoms with Crippen molar-refractivity contribution in [1.82, 2.24) is 9.80 Å². The second kappa shape index (κ2) is 6.16. The Morgan fingerprint density at radius 1 is 1.17 bits per heavy atom. The maximum Gasteiger partial charge on any atom is 0.277 e. The number of rotatable bonds is 3. The number of aliphatic hydroxyl groups excluding tert-OH is 1. The lowest BCUT2D eigenvalue weighted by atomic mass is 9.96. The van der Waals surface area contributed by atoms with Crippen LogP contribution < -0.4 is 0 Å². The van der Waals surface area contributed by atoms with Gasteiger partial charge in [0.15, 0.2) is 0 Å². The van der Waals surface area contributed by atoms with Gasteiger partial charge >= 0.3 is 0 Å². The molecule has 0 bridgehead atoms. The minimum Gasteiger partial charge on any atom is -0.396 e. The van der Waals surface area contributed by atoms with E-state index < -0.39 is 0 Å². The number of carbonyl (C=O) groups is 2. The fraction of sp³-hybridized carbons (Fsp3) is 0.444. The molecule has 1 aromatic rings. The lowest BCUT2D eigenvalue weighted by molar-refractivity contribution is -0.136. The Hall–Kier alpha value is -2.14. The summed E-state index contributed by atoms with van der Waals surface area (Å²) in [6.07, 6.45) is 1.87. The van der Waals surface area contributed by atoms with Gasteiger partial charge in [-0.3, -0.25) is 14.5 Å². The van der Waals surface area contributed by atoms with Crippen LogP contribution in [0.2, 0.25) is 0 Å². The van der Waals surface area contributed by atoms with E-state index >= 15 is 0 Å². The van der Waals surface area contributed by atoms with Crippen LogP contribution >= 0.6 is 0 Å². The van der Waals surface area contributed by atoms with Crippen molar-refractivity contribution >= 4 is 17.4 Å². The summed E-state index contributed by atoms with van der Waals surface area (Å²) < 4.78 is 0. The molecule has 0 saturated carbocycles. The highest BCUT2D eigenvalue weighted by Gasteiger charge is 2.40. The molecule has 3 rings (SSSR count). The maximum atomic E-state index is 12.6. The van der Waals surface area contributed by atoms with Crippen LogP contribution in [-0.2, 0) is 9.59 Å². The molecule has 1 N–H and O–H groups in total. The van der Waals surface area contributed by atoms with Crippen LogP contribution in [0.1, 0.15) is 24.0 Å². The molecule has 23 heavy (non-hydrogen) atoms. The first-order chi connectivity index (χ1) is 11.0. The second-order valence-corrected chi connectivity index (χ2v) is 6.40. The monoisotopic (exact) mass is 314 g/mol. The lowest BCUT2D eigenvalue weighted by Crippen LogP contribution is -2.39. The van der Waals surface area contributed by atoms with Crippen LogP contribution in [0.25, 0.3) is 5.57 Å². The molecule has 1 unspecified atom stereocenters. The van der Waals surface area contributed by atoms with Gasteiger partial charge in [-0.1, -0.05) is 29.8 Å². The third-order valence-electron chi connectivity index (χ3n) is 4.70. The summed E-state index contributed by atoms with van der Waals surface area (Å²) in [5, 5.41) is 9.43. The molecule has 0 aliphatic carbocycles. The molecule has 2 aliphatic heterocycles. The minimum absolute atomic E-state index is 0.113. The molecule has 122 valence electrons. The number of aryl methyl sites for hydroxylation is 1. The number of carbonyl (C=O) groups excluding carboxylic acids is 2. The topological polar surface area (TPSA) is 60.9 Å². The molecule has 5 nitrogen and oxygen atoms in total. The summed E-state index contributed by atoms with van der Waals surface area (Å²) in [5.41, 5.74) is 2.86. The van der Waals surface area contributed by atoms with Crippen LogP contribution in [0.3, 0.4) is 0 Å². The number of hydrogen-bond acceptors (Lipinski definition) is 4. The van der Waals surface area contributed by atoms with Crippen molar-refractivity contribution in [3.8, 4) is 0 Å². The van der Waals surface area contributed by atoms with E-state index in [4.69, 9.17) is 0 Å².